The quantitative estimate of drug-likeness (QED) is 0.858. The number of carbonyl (C=O) groups excluding carboxylic acids is 1. The van der Waals surface area contributed by atoms with Crippen molar-refractivity contribution in [1.29, 1.82) is 0 Å². The normalized spacial score (nSPS) is 11.5. The van der Waals surface area contributed by atoms with E-state index in [9.17, 15) is 4.79 Å². The van der Waals surface area contributed by atoms with Crippen LogP contribution in [0.3, 0.4) is 0 Å². The Morgan fingerprint density at radius 1 is 1.19 bits per heavy atom. The largest absolute Gasteiger partial charge is 0.356 e. The summed E-state index contributed by atoms with van der Waals surface area (Å²) in [6.07, 6.45) is 3.61. The Morgan fingerprint density at radius 3 is 2.57 bits per heavy atom. The molecule has 0 aliphatic heterocycles. The maximum atomic E-state index is 12.1. The number of rotatable bonds is 6. The van der Waals surface area contributed by atoms with Crippen molar-refractivity contribution in [2.24, 2.45) is 5.92 Å². The second-order valence-corrected chi connectivity index (χ2v) is 6.38. The van der Waals surface area contributed by atoms with E-state index in [4.69, 9.17) is 0 Å². The van der Waals surface area contributed by atoms with Crippen molar-refractivity contribution >= 4 is 16.8 Å². The molecule has 2 aromatic rings. The average Bonchev–Trinajstić information content (AvgIpc) is 2.78. The first kappa shape index (κ1) is 15.6. The number of para-hydroxylation sites is 1. The molecule has 1 heterocycles. The number of hydrogen-bond donors (Lipinski definition) is 1. The molecule has 1 N–H and O–H groups in total. The highest BCUT2D eigenvalue weighted by molar-refractivity contribution is 5.89. The number of benzene rings is 1. The van der Waals surface area contributed by atoms with Crippen molar-refractivity contribution in [2.75, 3.05) is 6.54 Å². The van der Waals surface area contributed by atoms with E-state index in [1.165, 1.54) is 10.9 Å². The molecule has 114 valence electrons. The molecular weight excluding hydrogens is 260 g/mol. The fourth-order valence-corrected chi connectivity index (χ4v) is 2.58. The van der Waals surface area contributed by atoms with Crippen LogP contribution < -0.4 is 5.32 Å². The molecule has 1 aromatic carbocycles. The zero-order valence-electron chi connectivity index (χ0n) is 13.5. The van der Waals surface area contributed by atoms with E-state index < -0.39 is 0 Å². The number of nitrogens with one attached hydrogen (secondary N) is 1. The van der Waals surface area contributed by atoms with E-state index >= 15 is 0 Å². The highest BCUT2D eigenvalue weighted by Gasteiger charge is 2.12. The molecule has 3 heteroatoms. The first-order valence-corrected chi connectivity index (χ1v) is 7.84. The Morgan fingerprint density at radius 2 is 1.90 bits per heavy atom. The number of carbonyl (C=O) groups is 1. The lowest BCUT2D eigenvalue weighted by atomic mass is 10.1. The first-order chi connectivity index (χ1) is 9.99. The highest BCUT2D eigenvalue weighted by Crippen LogP contribution is 2.24. The molecule has 0 fully saturated rings. The minimum absolute atomic E-state index is 0.113. The van der Waals surface area contributed by atoms with E-state index in [1.54, 1.807) is 0 Å². The van der Waals surface area contributed by atoms with Gasteiger partial charge in [-0.2, -0.15) is 0 Å². The molecule has 21 heavy (non-hydrogen) atoms. The summed E-state index contributed by atoms with van der Waals surface area (Å²) in [7, 11) is 0. The summed E-state index contributed by atoms with van der Waals surface area (Å²) in [6.45, 7) is 9.43. The number of aromatic nitrogens is 1. The van der Waals surface area contributed by atoms with Crippen LogP contribution in [0.4, 0.5) is 0 Å². The minimum atomic E-state index is 0.113. The molecule has 0 aliphatic rings. The van der Waals surface area contributed by atoms with E-state index in [-0.39, 0.29) is 5.91 Å². The van der Waals surface area contributed by atoms with E-state index in [1.807, 2.05) is 12.1 Å². The lowest BCUT2D eigenvalue weighted by Crippen LogP contribution is -2.26. The SMILES string of the molecule is CC(C)CCNC(=O)Cc1cn(C(C)C)c2ccccc12. The van der Waals surface area contributed by atoms with Crippen molar-refractivity contribution in [1.82, 2.24) is 9.88 Å². The average molecular weight is 286 g/mol. The fourth-order valence-electron chi connectivity index (χ4n) is 2.58. The minimum Gasteiger partial charge on any atom is -0.356 e. The Labute approximate surface area is 127 Å². The molecular formula is C18H26N2O. The van der Waals surface area contributed by atoms with Crippen LogP contribution in [0.25, 0.3) is 10.9 Å². The molecule has 2 rings (SSSR count). The summed E-state index contributed by atoms with van der Waals surface area (Å²) in [5, 5.41) is 4.20. The summed E-state index contributed by atoms with van der Waals surface area (Å²) < 4.78 is 2.24. The van der Waals surface area contributed by atoms with Crippen LogP contribution in [0.15, 0.2) is 30.5 Å². The summed E-state index contributed by atoms with van der Waals surface area (Å²) in [5.41, 5.74) is 2.32. The van der Waals surface area contributed by atoms with Gasteiger partial charge in [0.15, 0.2) is 0 Å². The van der Waals surface area contributed by atoms with Crippen LogP contribution in [0.2, 0.25) is 0 Å². The monoisotopic (exact) mass is 286 g/mol. The summed E-state index contributed by atoms with van der Waals surface area (Å²) >= 11 is 0. The van der Waals surface area contributed by atoms with Crippen molar-refractivity contribution in [3.05, 3.63) is 36.0 Å². The summed E-state index contributed by atoms with van der Waals surface area (Å²) in [5.74, 6) is 0.732. The number of fused-ring (bicyclic) bond motifs is 1. The summed E-state index contributed by atoms with van der Waals surface area (Å²) in [6, 6.07) is 8.70. The van der Waals surface area contributed by atoms with Gasteiger partial charge in [-0.25, -0.2) is 0 Å². The van der Waals surface area contributed by atoms with Crippen LogP contribution >= 0.6 is 0 Å². The van der Waals surface area contributed by atoms with Gasteiger partial charge in [-0.15, -0.1) is 0 Å². The second-order valence-electron chi connectivity index (χ2n) is 6.38. The van der Waals surface area contributed by atoms with Crippen LogP contribution in [-0.4, -0.2) is 17.0 Å². The van der Waals surface area contributed by atoms with E-state index in [0.717, 1.165) is 18.5 Å². The number of hydrogen-bond acceptors (Lipinski definition) is 1. The zero-order valence-corrected chi connectivity index (χ0v) is 13.5. The van der Waals surface area contributed by atoms with Crippen molar-refractivity contribution < 1.29 is 4.79 Å². The predicted octanol–water partition coefficient (Wildman–Crippen LogP) is 3.93. The lowest BCUT2D eigenvalue weighted by molar-refractivity contribution is -0.120. The molecule has 0 atom stereocenters. The van der Waals surface area contributed by atoms with Crippen LogP contribution in [0.1, 0.15) is 45.7 Å². The van der Waals surface area contributed by atoms with Crippen LogP contribution in [0.5, 0.6) is 0 Å². The molecule has 0 bridgehead atoms. The van der Waals surface area contributed by atoms with Gasteiger partial charge in [-0.05, 0) is 37.8 Å². The number of amides is 1. The molecule has 3 nitrogen and oxygen atoms in total. The highest BCUT2D eigenvalue weighted by atomic mass is 16.1. The zero-order chi connectivity index (χ0) is 15.4. The Hall–Kier alpha value is -1.77. The predicted molar refractivity (Wildman–Crippen MR) is 88.5 cm³/mol. The Balaban J connectivity index is 2.13. The van der Waals surface area contributed by atoms with E-state index in [2.05, 4.69) is 55.9 Å². The van der Waals surface area contributed by atoms with Gasteiger partial charge in [0.05, 0.1) is 6.42 Å². The molecule has 0 saturated heterocycles. The Bertz CT molecular complexity index is 611. The lowest BCUT2D eigenvalue weighted by Gasteiger charge is -2.08. The molecule has 0 saturated carbocycles. The van der Waals surface area contributed by atoms with Gasteiger partial charge in [0.1, 0.15) is 0 Å². The van der Waals surface area contributed by atoms with Gasteiger partial charge in [0.25, 0.3) is 0 Å². The molecule has 1 aromatic heterocycles. The Kier molecular flexibility index (Phi) is 5.05. The third-order valence-corrected chi connectivity index (χ3v) is 3.77. The maximum Gasteiger partial charge on any atom is 0.224 e. The summed E-state index contributed by atoms with van der Waals surface area (Å²) in [4.78, 5) is 12.1. The smallest absolute Gasteiger partial charge is 0.224 e. The fraction of sp³-hybridized carbons (Fsp3) is 0.500. The molecule has 0 aliphatic carbocycles. The first-order valence-electron chi connectivity index (χ1n) is 7.84. The van der Waals surface area contributed by atoms with E-state index in [0.29, 0.717) is 18.4 Å². The third-order valence-electron chi connectivity index (χ3n) is 3.77. The molecule has 1 amide bonds. The van der Waals surface area contributed by atoms with Crippen LogP contribution in [0, 0.1) is 5.92 Å². The maximum absolute atomic E-state index is 12.1. The van der Waals surface area contributed by atoms with Gasteiger partial charge in [-0.3, -0.25) is 4.79 Å². The van der Waals surface area contributed by atoms with Gasteiger partial charge in [0, 0.05) is 29.7 Å². The van der Waals surface area contributed by atoms with Crippen molar-refractivity contribution in [2.45, 2.75) is 46.6 Å². The van der Waals surface area contributed by atoms with Gasteiger partial charge < -0.3 is 9.88 Å². The van der Waals surface area contributed by atoms with Crippen LogP contribution in [-0.2, 0) is 11.2 Å². The van der Waals surface area contributed by atoms with Gasteiger partial charge in [0.2, 0.25) is 5.91 Å². The molecule has 0 radical (unpaired) electrons. The topological polar surface area (TPSA) is 34.0 Å². The van der Waals surface area contributed by atoms with Crippen molar-refractivity contribution in [3.63, 3.8) is 0 Å². The third kappa shape index (κ3) is 3.87. The molecule has 0 unspecified atom stereocenters. The van der Waals surface area contributed by atoms with Gasteiger partial charge in [-0.1, -0.05) is 32.0 Å². The standard InChI is InChI=1S/C18H26N2O/c1-13(2)9-10-19-18(21)11-15-12-20(14(3)4)17-8-6-5-7-16(15)17/h5-8,12-14H,9-11H2,1-4H3,(H,19,21). The second kappa shape index (κ2) is 6.79. The van der Waals surface area contributed by atoms with Crippen molar-refractivity contribution in [3.8, 4) is 0 Å². The molecule has 0 spiro atoms. The number of nitrogens with zero attached hydrogens (tertiary/aromatic N) is 1. The van der Waals surface area contributed by atoms with Gasteiger partial charge >= 0.3 is 0 Å².